The van der Waals surface area contributed by atoms with Gasteiger partial charge in [-0.1, -0.05) is 12.2 Å². The maximum atomic E-state index is 12.7. The molecule has 2 saturated heterocycles. The van der Waals surface area contributed by atoms with Crippen LogP contribution >= 0.6 is 0 Å². The highest BCUT2D eigenvalue weighted by Gasteiger charge is 2.58. The Bertz CT molecular complexity index is 697. The smallest absolute Gasteiger partial charge is 0.313 e. The van der Waals surface area contributed by atoms with Gasteiger partial charge in [0.25, 0.3) is 0 Å². The summed E-state index contributed by atoms with van der Waals surface area (Å²) in [6.07, 6.45) is 9.18. The van der Waals surface area contributed by atoms with E-state index in [0.29, 0.717) is 19.6 Å². The van der Waals surface area contributed by atoms with E-state index in [-0.39, 0.29) is 17.7 Å². The van der Waals surface area contributed by atoms with Crippen molar-refractivity contribution >= 4 is 11.9 Å². The number of carbonyl (C=O) groups excluding carboxylic acids is 1. The first-order valence-electron chi connectivity index (χ1n) is 8.87. The van der Waals surface area contributed by atoms with Gasteiger partial charge in [0.2, 0.25) is 5.91 Å². The van der Waals surface area contributed by atoms with Crippen molar-refractivity contribution in [2.45, 2.75) is 19.4 Å². The van der Waals surface area contributed by atoms with Gasteiger partial charge in [-0.25, -0.2) is 0 Å². The average molecular weight is 341 g/mol. The topological polar surface area (TPSA) is 73.7 Å². The van der Waals surface area contributed by atoms with Crippen LogP contribution in [0.3, 0.4) is 0 Å². The van der Waals surface area contributed by atoms with E-state index in [0.717, 1.165) is 31.5 Å². The van der Waals surface area contributed by atoms with Crippen molar-refractivity contribution in [3.63, 3.8) is 0 Å². The van der Waals surface area contributed by atoms with E-state index < -0.39 is 11.4 Å². The van der Waals surface area contributed by atoms with Crippen molar-refractivity contribution in [2.24, 2.45) is 17.3 Å². The van der Waals surface area contributed by atoms with Crippen LogP contribution in [0.1, 0.15) is 18.4 Å². The number of carboxylic acid groups (broad SMARTS) is 1. The second kappa shape index (κ2) is 6.26. The van der Waals surface area contributed by atoms with Gasteiger partial charge in [-0.2, -0.15) is 0 Å². The molecule has 4 rings (SSSR count). The Morgan fingerprint density at radius 3 is 2.52 bits per heavy atom. The van der Waals surface area contributed by atoms with Crippen LogP contribution in [0.5, 0.6) is 0 Å². The van der Waals surface area contributed by atoms with Gasteiger partial charge in [-0.15, -0.1) is 0 Å². The van der Waals surface area contributed by atoms with Crippen LogP contribution < -0.4 is 0 Å². The molecule has 1 aliphatic carbocycles. The zero-order chi connectivity index (χ0) is 17.4. The highest BCUT2D eigenvalue weighted by Crippen LogP contribution is 2.44. The molecule has 2 atom stereocenters. The van der Waals surface area contributed by atoms with Gasteiger partial charge >= 0.3 is 5.97 Å². The van der Waals surface area contributed by atoms with Gasteiger partial charge in [-0.05, 0) is 30.5 Å². The number of aliphatic carboxylic acids is 1. The SMILES string of the molecule is O=C(C1CC=CC1)N1C[C@H]2CN(Cc3ccncc3)C[C@@]2(C(=O)O)C1. The summed E-state index contributed by atoms with van der Waals surface area (Å²) in [5.74, 6) is -0.627. The average Bonchev–Trinajstić information content (AvgIpc) is 3.29. The minimum atomic E-state index is -0.825. The minimum absolute atomic E-state index is 0.00477. The summed E-state index contributed by atoms with van der Waals surface area (Å²) >= 11 is 0. The summed E-state index contributed by atoms with van der Waals surface area (Å²) in [5, 5.41) is 9.94. The Morgan fingerprint density at radius 1 is 1.16 bits per heavy atom. The van der Waals surface area contributed by atoms with Crippen molar-refractivity contribution < 1.29 is 14.7 Å². The van der Waals surface area contributed by atoms with Crippen molar-refractivity contribution in [1.29, 1.82) is 0 Å². The molecule has 1 amide bonds. The molecular formula is C19H23N3O3. The number of allylic oxidation sites excluding steroid dienone is 2. The normalized spacial score (nSPS) is 29.3. The maximum absolute atomic E-state index is 12.7. The molecule has 1 aromatic heterocycles. The van der Waals surface area contributed by atoms with E-state index in [1.807, 2.05) is 24.3 Å². The summed E-state index contributed by atoms with van der Waals surface area (Å²) in [5.41, 5.74) is 0.315. The van der Waals surface area contributed by atoms with E-state index in [1.54, 1.807) is 17.3 Å². The molecule has 0 radical (unpaired) electrons. The number of aromatic nitrogens is 1. The molecular weight excluding hydrogens is 318 g/mol. The van der Waals surface area contributed by atoms with Crippen molar-refractivity contribution in [1.82, 2.24) is 14.8 Å². The predicted octanol–water partition coefficient (Wildman–Crippen LogP) is 1.39. The highest BCUT2D eigenvalue weighted by atomic mass is 16.4. The molecule has 6 heteroatoms. The molecule has 0 bridgehead atoms. The standard InChI is InChI=1S/C19H23N3O3/c23-17(15-3-1-2-4-15)22-11-16-10-21(9-14-5-7-20-8-6-14)12-19(16,13-22)18(24)25/h1-2,5-8,15-16H,3-4,9-13H2,(H,24,25)/t16-,19-/m1/s1. The van der Waals surface area contributed by atoms with Crippen LogP contribution in [0.15, 0.2) is 36.7 Å². The van der Waals surface area contributed by atoms with E-state index in [1.165, 1.54) is 0 Å². The van der Waals surface area contributed by atoms with Gasteiger partial charge < -0.3 is 10.0 Å². The molecule has 0 saturated carbocycles. The number of carbonyl (C=O) groups is 2. The third-order valence-electron chi connectivity index (χ3n) is 5.93. The molecule has 0 aromatic carbocycles. The Morgan fingerprint density at radius 2 is 1.88 bits per heavy atom. The molecule has 0 spiro atoms. The second-order valence-corrected chi connectivity index (χ2v) is 7.54. The number of carboxylic acids is 1. The van der Waals surface area contributed by atoms with Crippen LogP contribution in [-0.2, 0) is 16.1 Å². The molecule has 2 fully saturated rings. The first-order chi connectivity index (χ1) is 12.1. The van der Waals surface area contributed by atoms with Crippen LogP contribution in [0.25, 0.3) is 0 Å². The minimum Gasteiger partial charge on any atom is -0.481 e. The number of likely N-dealkylation sites (tertiary alicyclic amines) is 2. The first kappa shape index (κ1) is 16.3. The van der Waals surface area contributed by atoms with E-state index in [4.69, 9.17) is 0 Å². The summed E-state index contributed by atoms with van der Waals surface area (Å²) in [6.45, 7) is 2.86. The number of nitrogens with zero attached hydrogens (tertiary/aromatic N) is 3. The number of pyridine rings is 1. The van der Waals surface area contributed by atoms with Gasteiger partial charge in [0.15, 0.2) is 0 Å². The largest absolute Gasteiger partial charge is 0.481 e. The quantitative estimate of drug-likeness (QED) is 0.838. The molecule has 1 aromatic rings. The Labute approximate surface area is 147 Å². The van der Waals surface area contributed by atoms with Crippen molar-refractivity contribution in [3.8, 4) is 0 Å². The molecule has 132 valence electrons. The van der Waals surface area contributed by atoms with Gasteiger partial charge in [0, 0.05) is 57.0 Å². The number of rotatable bonds is 4. The number of hydrogen-bond donors (Lipinski definition) is 1. The fourth-order valence-electron chi connectivity index (χ4n) is 4.58. The molecule has 3 aliphatic rings. The summed E-state index contributed by atoms with van der Waals surface area (Å²) < 4.78 is 0. The first-order valence-corrected chi connectivity index (χ1v) is 8.87. The third-order valence-corrected chi connectivity index (χ3v) is 5.93. The van der Waals surface area contributed by atoms with Crippen LogP contribution in [0.4, 0.5) is 0 Å². The molecule has 3 heterocycles. The summed E-state index contributed by atoms with van der Waals surface area (Å²) in [4.78, 5) is 32.8. The van der Waals surface area contributed by atoms with Crippen LogP contribution in [0, 0.1) is 17.3 Å². The lowest BCUT2D eigenvalue weighted by Gasteiger charge is -2.27. The van der Waals surface area contributed by atoms with Crippen molar-refractivity contribution in [3.05, 3.63) is 42.2 Å². The van der Waals surface area contributed by atoms with E-state index in [2.05, 4.69) is 9.88 Å². The molecule has 25 heavy (non-hydrogen) atoms. The molecule has 2 aliphatic heterocycles. The third kappa shape index (κ3) is 2.84. The predicted molar refractivity (Wildman–Crippen MR) is 91.5 cm³/mol. The molecule has 1 N–H and O–H groups in total. The zero-order valence-electron chi connectivity index (χ0n) is 14.2. The Hall–Kier alpha value is -2.21. The molecule has 6 nitrogen and oxygen atoms in total. The summed E-state index contributed by atoms with van der Waals surface area (Å²) in [6, 6.07) is 3.93. The fourth-order valence-corrected chi connectivity index (χ4v) is 4.58. The second-order valence-electron chi connectivity index (χ2n) is 7.54. The lowest BCUT2D eigenvalue weighted by Crippen LogP contribution is -2.43. The van der Waals surface area contributed by atoms with Gasteiger partial charge in [0.05, 0.1) is 0 Å². The lowest BCUT2D eigenvalue weighted by atomic mass is 9.81. The summed E-state index contributed by atoms with van der Waals surface area (Å²) in [7, 11) is 0. The van der Waals surface area contributed by atoms with E-state index in [9.17, 15) is 14.7 Å². The van der Waals surface area contributed by atoms with E-state index >= 15 is 0 Å². The number of fused-ring (bicyclic) bond motifs is 1. The maximum Gasteiger partial charge on any atom is 0.313 e. The molecule has 0 unspecified atom stereocenters. The van der Waals surface area contributed by atoms with Gasteiger partial charge in [0.1, 0.15) is 5.41 Å². The monoisotopic (exact) mass is 341 g/mol. The fraction of sp³-hybridized carbons (Fsp3) is 0.526. The lowest BCUT2D eigenvalue weighted by molar-refractivity contribution is -0.149. The van der Waals surface area contributed by atoms with Gasteiger partial charge in [-0.3, -0.25) is 19.5 Å². The van der Waals surface area contributed by atoms with Crippen LogP contribution in [-0.4, -0.2) is 57.9 Å². The van der Waals surface area contributed by atoms with Crippen molar-refractivity contribution in [2.75, 3.05) is 26.2 Å². The highest BCUT2D eigenvalue weighted by molar-refractivity contribution is 5.83. The number of amides is 1. The Kier molecular flexibility index (Phi) is 4.07. The Balaban J connectivity index is 1.46. The zero-order valence-corrected chi connectivity index (χ0v) is 14.2. The van der Waals surface area contributed by atoms with Crippen LogP contribution in [0.2, 0.25) is 0 Å². The number of hydrogen-bond acceptors (Lipinski definition) is 4.